The minimum atomic E-state index is -0.387. The zero-order chi connectivity index (χ0) is 18.1. The van der Waals surface area contributed by atoms with E-state index >= 15 is 0 Å². The fourth-order valence-corrected chi connectivity index (χ4v) is 3.33. The summed E-state index contributed by atoms with van der Waals surface area (Å²) in [6.45, 7) is 2.04. The molecule has 1 amide bonds. The molecular weight excluding hydrogens is 350 g/mol. The molecule has 0 spiro atoms. The number of fused-ring (bicyclic) bond motifs is 1. The lowest BCUT2D eigenvalue weighted by molar-refractivity contribution is -0.113. The van der Waals surface area contributed by atoms with Crippen LogP contribution >= 0.6 is 12.2 Å². The average molecular weight is 367 g/mol. The van der Waals surface area contributed by atoms with Crippen molar-refractivity contribution in [3.8, 4) is 11.5 Å². The van der Waals surface area contributed by atoms with Crippen molar-refractivity contribution in [1.29, 1.82) is 0 Å². The second-order valence-corrected chi connectivity index (χ2v) is 6.41. The first-order valence-corrected chi connectivity index (χ1v) is 8.57. The van der Waals surface area contributed by atoms with Crippen molar-refractivity contribution >= 4 is 28.9 Å². The van der Waals surface area contributed by atoms with E-state index in [2.05, 4.69) is 16.0 Å². The number of benzene rings is 2. The first kappa shape index (κ1) is 16.4. The fourth-order valence-electron chi connectivity index (χ4n) is 3.06. The first-order chi connectivity index (χ1) is 12.6. The highest BCUT2D eigenvalue weighted by Gasteiger charge is 2.31. The van der Waals surface area contributed by atoms with Gasteiger partial charge in [-0.3, -0.25) is 4.79 Å². The monoisotopic (exact) mass is 367 g/mol. The van der Waals surface area contributed by atoms with Gasteiger partial charge in [0.2, 0.25) is 6.79 Å². The lowest BCUT2D eigenvalue weighted by Crippen LogP contribution is -2.45. The summed E-state index contributed by atoms with van der Waals surface area (Å²) >= 11 is 5.28. The Labute approximate surface area is 156 Å². The number of carbonyl (C=O) groups is 1. The largest absolute Gasteiger partial charge is 0.454 e. The Balaban J connectivity index is 1.68. The molecule has 2 aromatic carbocycles. The number of hydrogen-bond acceptors (Lipinski definition) is 4. The molecule has 7 heteroatoms. The second-order valence-electron chi connectivity index (χ2n) is 6.00. The predicted octanol–water partition coefficient (Wildman–Crippen LogP) is 2.85. The van der Waals surface area contributed by atoms with E-state index in [9.17, 15) is 4.79 Å². The van der Waals surface area contributed by atoms with Crippen LogP contribution in [0.15, 0.2) is 59.8 Å². The van der Waals surface area contributed by atoms with Gasteiger partial charge < -0.3 is 25.4 Å². The number of nitrogens with one attached hydrogen (secondary N) is 3. The minimum absolute atomic E-state index is 0.195. The maximum atomic E-state index is 13.0. The van der Waals surface area contributed by atoms with Crippen LogP contribution in [0.4, 0.5) is 5.69 Å². The minimum Gasteiger partial charge on any atom is -0.454 e. The van der Waals surface area contributed by atoms with Gasteiger partial charge in [0.25, 0.3) is 5.91 Å². The molecule has 1 atom stereocenters. The van der Waals surface area contributed by atoms with Gasteiger partial charge in [-0.15, -0.1) is 0 Å². The molecule has 0 saturated heterocycles. The third-order valence-corrected chi connectivity index (χ3v) is 4.50. The van der Waals surface area contributed by atoms with Crippen molar-refractivity contribution in [2.24, 2.45) is 0 Å². The molecule has 0 aromatic heterocycles. The van der Waals surface area contributed by atoms with Gasteiger partial charge >= 0.3 is 0 Å². The van der Waals surface area contributed by atoms with Crippen LogP contribution in [0.2, 0.25) is 0 Å². The number of rotatable bonds is 3. The van der Waals surface area contributed by atoms with Crippen LogP contribution in [0.1, 0.15) is 18.5 Å². The Hall–Kier alpha value is -3.06. The van der Waals surface area contributed by atoms with Crippen LogP contribution in [0.3, 0.4) is 0 Å². The van der Waals surface area contributed by atoms with Gasteiger partial charge in [0, 0.05) is 11.4 Å². The van der Waals surface area contributed by atoms with Gasteiger partial charge in [0.1, 0.15) is 0 Å². The number of amides is 1. The molecule has 2 aliphatic rings. The van der Waals surface area contributed by atoms with E-state index in [0.717, 1.165) is 11.3 Å². The summed E-state index contributed by atoms with van der Waals surface area (Å²) < 4.78 is 10.8. The van der Waals surface area contributed by atoms with Gasteiger partial charge in [-0.1, -0.05) is 24.3 Å². The number of thiocarbonyl (C=S) groups is 1. The summed E-state index contributed by atoms with van der Waals surface area (Å²) in [6.07, 6.45) is 0. The van der Waals surface area contributed by atoms with Crippen LogP contribution in [-0.4, -0.2) is 17.8 Å². The van der Waals surface area contributed by atoms with Crippen LogP contribution in [0, 0.1) is 0 Å². The lowest BCUT2D eigenvalue weighted by Gasteiger charge is -2.30. The standard InChI is InChI=1S/C19H17N3O3S/c1-11-16(18(23)21-13-5-3-2-4-6-13)17(22-19(26)20-11)12-7-8-14-15(9-12)25-10-24-14/h2-9,17H,10H2,1H3,(H,21,23)(H2,20,22,26)/t17-/m0/s1. The first-order valence-electron chi connectivity index (χ1n) is 8.16. The molecule has 4 rings (SSSR count). The number of anilines is 1. The van der Waals surface area contributed by atoms with Crippen LogP contribution in [0.5, 0.6) is 11.5 Å². The zero-order valence-corrected chi connectivity index (χ0v) is 14.9. The molecule has 6 nitrogen and oxygen atoms in total. The highest BCUT2D eigenvalue weighted by molar-refractivity contribution is 7.80. The molecule has 26 heavy (non-hydrogen) atoms. The molecule has 3 N–H and O–H groups in total. The molecule has 0 saturated carbocycles. The van der Waals surface area contributed by atoms with Crippen molar-refractivity contribution in [3.05, 3.63) is 65.4 Å². The molecule has 2 aromatic rings. The summed E-state index contributed by atoms with van der Waals surface area (Å²) in [5.74, 6) is 1.16. The maximum Gasteiger partial charge on any atom is 0.255 e. The summed E-state index contributed by atoms with van der Waals surface area (Å²) in [5, 5.41) is 9.61. The molecule has 2 aliphatic heterocycles. The Morgan fingerprint density at radius 2 is 1.92 bits per heavy atom. The molecular formula is C19H17N3O3S. The van der Waals surface area contributed by atoms with Crippen LogP contribution < -0.4 is 25.4 Å². The van der Waals surface area contributed by atoms with Crippen molar-refractivity contribution in [3.63, 3.8) is 0 Å². The summed E-state index contributed by atoms with van der Waals surface area (Å²) in [5.41, 5.74) is 2.89. The molecule has 0 bridgehead atoms. The number of ether oxygens (including phenoxy) is 2. The van der Waals surface area contributed by atoms with Gasteiger partial charge in [0.15, 0.2) is 16.6 Å². The SMILES string of the molecule is CC1=C(C(=O)Nc2ccccc2)[C@H](c2ccc3c(c2)OCO3)NC(=S)N1. The summed E-state index contributed by atoms with van der Waals surface area (Å²) in [7, 11) is 0. The number of hydrogen-bond donors (Lipinski definition) is 3. The number of carbonyl (C=O) groups excluding carboxylic acids is 1. The average Bonchev–Trinajstić information content (AvgIpc) is 3.09. The van der Waals surface area contributed by atoms with E-state index in [1.807, 2.05) is 55.5 Å². The normalized spacial score (nSPS) is 18.2. The van der Waals surface area contributed by atoms with E-state index in [1.54, 1.807) is 0 Å². The Kier molecular flexibility index (Phi) is 4.22. The topological polar surface area (TPSA) is 71.6 Å². The van der Waals surface area contributed by atoms with Crippen LogP contribution in [0.25, 0.3) is 0 Å². The molecule has 0 radical (unpaired) electrons. The van der Waals surface area contributed by atoms with Crippen LogP contribution in [-0.2, 0) is 4.79 Å². The van der Waals surface area contributed by atoms with Gasteiger partial charge in [-0.25, -0.2) is 0 Å². The highest BCUT2D eigenvalue weighted by atomic mass is 32.1. The molecule has 0 unspecified atom stereocenters. The van der Waals surface area contributed by atoms with Gasteiger partial charge in [-0.05, 0) is 49.0 Å². The fraction of sp³-hybridized carbons (Fsp3) is 0.158. The van der Waals surface area contributed by atoms with Crippen molar-refractivity contribution in [2.75, 3.05) is 12.1 Å². The highest BCUT2D eigenvalue weighted by Crippen LogP contribution is 2.37. The van der Waals surface area contributed by atoms with E-state index < -0.39 is 0 Å². The Morgan fingerprint density at radius 1 is 1.15 bits per heavy atom. The maximum absolute atomic E-state index is 13.0. The van der Waals surface area contributed by atoms with E-state index in [0.29, 0.717) is 27.9 Å². The summed E-state index contributed by atoms with van der Waals surface area (Å²) in [4.78, 5) is 13.0. The van der Waals surface area contributed by atoms with Gasteiger partial charge in [-0.2, -0.15) is 0 Å². The second kappa shape index (κ2) is 6.68. The number of para-hydroxylation sites is 1. The quantitative estimate of drug-likeness (QED) is 0.725. The molecule has 132 valence electrons. The molecule has 2 heterocycles. The van der Waals surface area contributed by atoms with E-state index in [1.165, 1.54) is 0 Å². The zero-order valence-electron chi connectivity index (χ0n) is 14.0. The smallest absolute Gasteiger partial charge is 0.255 e. The van der Waals surface area contributed by atoms with Crippen molar-refractivity contribution in [1.82, 2.24) is 10.6 Å². The lowest BCUT2D eigenvalue weighted by atomic mass is 9.94. The Bertz CT molecular complexity index is 912. The summed E-state index contributed by atoms with van der Waals surface area (Å²) in [6, 6.07) is 14.6. The Morgan fingerprint density at radius 3 is 2.73 bits per heavy atom. The third-order valence-electron chi connectivity index (χ3n) is 4.28. The molecule has 0 aliphatic carbocycles. The van der Waals surface area contributed by atoms with E-state index in [-0.39, 0.29) is 18.7 Å². The van der Waals surface area contributed by atoms with Crippen molar-refractivity contribution < 1.29 is 14.3 Å². The third kappa shape index (κ3) is 3.09. The molecule has 0 fully saturated rings. The van der Waals surface area contributed by atoms with E-state index in [4.69, 9.17) is 21.7 Å². The predicted molar refractivity (Wildman–Crippen MR) is 102 cm³/mol. The van der Waals surface area contributed by atoms with Gasteiger partial charge in [0.05, 0.1) is 11.6 Å². The number of allylic oxidation sites excluding steroid dienone is 1. The van der Waals surface area contributed by atoms with Crippen molar-refractivity contribution in [2.45, 2.75) is 13.0 Å².